The molecule has 0 aliphatic heterocycles. The first-order chi connectivity index (χ1) is 9.95. The Morgan fingerprint density at radius 2 is 1.95 bits per heavy atom. The second kappa shape index (κ2) is 6.79. The minimum atomic E-state index is 0.143. The molecule has 21 heavy (non-hydrogen) atoms. The van der Waals surface area contributed by atoms with E-state index in [2.05, 4.69) is 14.8 Å². The molecular weight excluding hydrogens is 286 g/mol. The molecule has 1 fully saturated rings. The second-order valence-electron chi connectivity index (χ2n) is 5.98. The van der Waals surface area contributed by atoms with Gasteiger partial charge in [-0.3, -0.25) is 4.79 Å². The Bertz CT molecular complexity index is 488. The van der Waals surface area contributed by atoms with E-state index in [1.165, 1.54) is 11.8 Å². The van der Waals surface area contributed by atoms with Crippen molar-refractivity contribution in [3.8, 4) is 0 Å². The number of nitrogens with two attached hydrogens (primary N) is 1. The third-order valence-electron chi connectivity index (χ3n) is 3.56. The molecule has 1 aliphatic rings. The van der Waals surface area contributed by atoms with E-state index in [-0.39, 0.29) is 18.0 Å². The summed E-state index contributed by atoms with van der Waals surface area (Å²) < 4.78 is 2.10. The number of amides is 1. The third-order valence-corrected chi connectivity index (χ3v) is 4.48. The predicted molar refractivity (Wildman–Crippen MR) is 84.0 cm³/mol. The van der Waals surface area contributed by atoms with Gasteiger partial charge in [0.2, 0.25) is 5.91 Å². The molecule has 0 atom stereocenters. The maximum absolute atomic E-state index is 12.4. The maximum Gasteiger partial charge on any atom is 0.233 e. The van der Waals surface area contributed by atoms with Gasteiger partial charge < -0.3 is 15.2 Å². The van der Waals surface area contributed by atoms with Crippen LogP contribution in [0.15, 0.2) is 5.16 Å². The number of thioether (sulfide) groups is 1. The molecule has 0 saturated heterocycles. The van der Waals surface area contributed by atoms with E-state index in [0.29, 0.717) is 18.3 Å². The van der Waals surface area contributed by atoms with Crippen molar-refractivity contribution in [3.63, 3.8) is 0 Å². The van der Waals surface area contributed by atoms with Gasteiger partial charge in [0, 0.05) is 18.1 Å². The van der Waals surface area contributed by atoms with Gasteiger partial charge in [0.15, 0.2) is 5.16 Å². The molecule has 2 N–H and O–H groups in total. The monoisotopic (exact) mass is 311 g/mol. The zero-order chi connectivity index (χ0) is 15.6. The summed E-state index contributed by atoms with van der Waals surface area (Å²) in [7, 11) is 0. The quantitative estimate of drug-likeness (QED) is 0.777. The van der Waals surface area contributed by atoms with Gasteiger partial charge in [0.05, 0.1) is 12.3 Å². The van der Waals surface area contributed by atoms with Crippen LogP contribution >= 0.6 is 11.8 Å². The van der Waals surface area contributed by atoms with Crippen LogP contribution in [0.4, 0.5) is 0 Å². The van der Waals surface area contributed by atoms with Gasteiger partial charge in [-0.15, -0.1) is 10.2 Å². The fourth-order valence-corrected chi connectivity index (χ4v) is 3.51. The van der Waals surface area contributed by atoms with E-state index in [9.17, 15) is 4.79 Å². The van der Waals surface area contributed by atoms with E-state index in [0.717, 1.165) is 23.8 Å². The average Bonchev–Trinajstić information content (AvgIpc) is 3.15. The average molecular weight is 311 g/mol. The number of hydrogen-bond acceptors (Lipinski definition) is 5. The van der Waals surface area contributed by atoms with Gasteiger partial charge in [0.1, 0.15) is 5.82 Å². The van der Waals surface area contributed by atoms with E-state index in [4.69, 9.17) is 5.73 Å². The number of aromatic nitrogens is 3. The number of carbonyl (C=O) groups excluding carboxylic acids is 1. The van der Waals surface area contributed by atoms with Crippen molar-refractivity contribution in [2.75, 3.05) is 5.75 Å². The summed E-state index contributed by atoms with van der Waals surface area (Å²) in [6.45, 7) is 8.56. The van der Waals surface area contributed by atoms with Gasteiger partial charge in [-0.2, -0.15) is 0 Å². The Morgan fingerprint density at radius 3 is 2.43 bits per heavy atom. The molecule has 1 aliphatic carbocycles. The van der Waals surface area contributed by atoms with Crippen molar-refractivity contribution < 1.29 is 4.79 Å². The van der Waals surface area contributed by atoms with Gasteiger partial charge >= 0.3 is 0 Å². The van der Waals surface area contributed by atoms with Crippen molar-refractivity contribution in [1.29, 1.82) is 0 Å². The van der Waals surface area contributed by atoms with Gasteiger partial charge in [-0.05, 0) is 40.5 Å². The lowest BCUT2D eigenvalue weighted by molar-refractivity contribution is -0.131. The number of hydrogen-bond donors (Lipinski definition) is 1. The van der Waals surface area contributed by atoms with Gasteiger partial charge in [-0.1, -0.05) is 11.8 Å². The molecule has 0 radical (unpaired) electrons. The van der Waals surface area contributed by atoms with Crippen LogP contribution in [0.25, 0.3) is 0 Å². The molecule has 2 rings (SSSR count). The highest BCUT2D eigenvalue weighted by atomic mass is 32.2. The number of nitrogens with zero attached hydrogens (tertiary/aromatic N) is 4. The molecule has 6 nitrogen and oxygen atoms in total. The second-order valence-corrected chi connectivity index (χ2v) is 6.92. The molecular formula is C14H25N5OS. The standard InChI is InChI=1S/C14H25N5OS/c1-9(2)18(10(3)4)13(20)8-21-14-17-16-12(7-15)19(14)11-5-6-11/h9-11H,5-8,15H2,1-4H3. The zero-order valence-corrected chi connectivity index (χ0v) is 14.1. The first-order valence-corrected chi connectivity index (χ1v) is 8.52. The molecule has 0 bridgehead atoms. The number of rotatable bonds is 7. The highest BCUT2D eigenvalue weighted by molar-refractivity contribution is 7.99. The molecule has 0 unspecified atom stereocenters. The number of carbonyl (C=O) groups is 1. The van der Waals surface area contributed by atoms with E-state index < -0.39 is 0 Å². The topological polar surface area (TPSA) is 77.0 Å². The lowest BCUT2D eigenvalue weighted by atomic mass is 10.2. The zero-order valence-electron chi connectivity index (χ0n) is 13.2. The molecule has 118 valence electrons. The Balaban J connectivity index is 2.03. The van der Waals surface area contributed by atoms with Crippen LogP contribution < -0.4 is 5.73 Å². The summed E-state index contributed by atoms with van der Waals surface area (Å²) in [5.74, 6) is 1.35. The molecule has 1 aromatic heterocycles. The van der Waals surface area contributed by atoms with Crippen molar-refractivity contribution in [3.05, 3.63) is 5.82 Å². The molecule has 1 aromatic rings. The summed E-state index contributed by atoms with van der Waals surface area (Å²) >= 11 is 1.47. The minimum Gasteiger partial charge on any atom is -0.337 e. The van der Waals surface area contributed by atoms with Crippen LogP contribution in [-0.4, -0.2) is 43.4 Å². The SMILES string of the molecule is CC(C)N(C(=O)CSc1nnc(CN)n1C1CC1)C(C)C. The molecule has 1 saturated carbocycles. The minimum absolute atomic E-state index is 0.143. The van der Waals surface area contributed by atoms with Crippen LogP contribution in [0.3, 0.4) is 0 Å². The molecule has 1 amide bonds. The molecule has 0 aromatic carbocycles. The summed E-state index contributed by atoms with van der Waals surface area (Å²) in [6, 6.07) is 0.889. The lowest BCUT2D eigenvalue weighted by Gasteiger charge is -2.30. The van der Waals surface area contributed by atoms with Crippen molar-refractivity contribution in [1.82, 2.24) is 19.7 Å². The smallest absolute Gasteiger partial charge is 0.233 e. The Morgan fingerprint density at radius 1 is 1.33 bits per heavy atom. The fourth-order valence-electron chi connectivity index (χ4n) is 2.62. The van der Waals surface area contributed by atoms with E-state index in [1.807, 2.05) is 32.6 Å². The van der Waals surface area contributed by atoms with Crippen LogP contribution in [-0.2, 0) is 11.3 Å². The first kappa shape index (κ1) is 16.3. The van der Waals surface area contributed by atoms with Gasteiger partial charge in [-0.25, -0.2) is 0 Å². The Hall–Kier alpha value is -1.08. The molecule has 0 spiro atoms. The third kappa shape index (κ3) is 3.77. The fraction of sp³-hybridized carbons (Fsp3) is 0.786. The van der Waals surface area contributed by atoms with E-state index >= 15 is 0 Å². The summed E-state index contributed by atoms with van der Waals surface area (Å²) in [4.78, 5) is 14.3. The van der Waals surface area contributed by atoms with Crippen molar-refractivity contribution in [2.45, 2.75) is 70.4 Å². The van der Waals surface area contributed by atoms with Gasteiger partial charge in [0.25, 0.3) is 0 Å². The first-order valence-electron chi connectivity index (χ1n) is 7.53. The van der Waals surface area contributed by atoms with Crippen LogP contribution in [0, 0.1) is 0 Å². The Labute approximate surface area is 130 Å². The van der Waals surface area contributed by atoms with E-state index in [1.54, 1.807) is 0 Å². The van der Waals surface area contributed by atoms with Crippen molar-refractivity contribution in [2.24, 2.45) is 5.73 Å². The van der Waals surface area contributed by atoms with Crippen molar-refractivity contribution >= 4 is 17.7 Å². The lowest BCUT2D eigenvalue weighted by Crippen LogP contribution is -2.43. The highest BCUT2D eigenvalue weighted by Crippen LogP contribution is 2.38. The summed E-state index contributed by atoms with van der Waals surface area (Å²) in [6.07, 6.45) is 2.30. The van der Waals surface area contributed by atoms with Crippen LogP contribution in [0.1, 0.15) is 52.4 Å². The summed E-state index contributed by atoms with van der Waals surface area (Å²) in [5.41, 5.74) is 5.71. The molecule has 1 heterocycles. The Kier molecular flexibility index (Phi) is 5.27. The normalized spacial score (nSPS) is 15.0. The highest BCUT2D eigenvalue weighted by Gasteiger charge is 2.30. The largest absolute Gasteiger partial charge is 0.337 e. The summed E-state index contributed by atoms with van der Waals surface area (Å²) in [5, 5.41) is 9.14. The molecule has 7 heteroatoms. The maximum atomic E-state index is 12.4. The predicted octanol–water partition coefficient (Wildman–Crippen LogP) is 1.81. The van der Waals surface area contributed by atoms with Crippen LogP contribution in [0.2, 0.25) is 0 Å². The van der Waals surface area contributed by atoms with Crippen LogP contribution in [0.5, 0.6) is 0 Å².